The molecule has 0 heterocycles. The van der Waals surface area contributed by atoms with Crippen molar-refractivity contribution in [2.75, 3.05) is 6.61 Å². The maximum Gasteiger partial charge on any atom is 1.00 e. The average Bonchev–Trinajstić information content (AvgIpc) is 2.16. The number of unbranched alkanes of at least 4 members (excludes halogenated alkanes) is 9. The predicted octanol–water partition coefficient (Wildman–Crippen LogP) is 1.02. The third-order valence-corrected chi connectivity index (χ3v) is 2.51. The Kier molecular flexibility index (Phi) is 21.8. The molecule has 0 saturated heterocycles. The summed E-state index contributed by atoms with van der Waals surface area (Å²) in [5.74, 6) is 0. The van der Waals surface area contributed by atoms with Crippen LogP contribution in [0, 0.1) is 0 Å². The molecule has 0 aromatic carbocycles. The predicted molar refractivity (Wildman–Crippen MR) is 60.0 cm³/mol. The van der Waals surface area contributed by atoms with Crippen LogP contribution in [-0.4, -0.2) is 11.7 Å². The van der Waals surface area contributed by atoms with Gasteiger partial charge in [0.05, 0.1) is 0 Å². The first kappa shape index (κ1) is 18.0. The van der Waals surface area contributed by atoms with Crippen molar-refractivity contribution in [3.63, 3.8) is 0 Å². The molecule has 0 fully saturated rings. The first-order valence-corrected chi connectivity index (χ1v) is 6.02. The van der Waals surface area contributed by atoms with E-state index in [1.165, 1.54) is 57.8 Å². The van der Waals surface area contributed by atoms with Crippen molar-refractivity contribution in [1.29, 1.82) is 0 Å². The van der Waals surface area contributed by atoms with E-state index in [0.29, 0.717) is 6.61 Å². The molecule has 0 amide bonds. The Hall–Kier alpha value is 1.60. The Morgan fingerprint density at radius 2 is 1.07 bits per heavy atom. The van der Waals surface area contributed by atoms with Gasteiger partial charge in [-0.05, 0) is 6.42 Å². The third-order valence-electron chi connectivity index (χ3n) is 2.51. The average molecular weight is 226 g/mol. The van der Waals surface area contributed by atoms with E-state index in [2.05, 4.69) is 6.92 Å². The fraction of sp³-hybridized carbons (Fsp3) is 1.00. The summed E-state index contributed by atoms with van der Waals surface area (Å²) in [6, 6.07) is 0. The van der Waals surface area contributed by atoms with Crippen LogP contribution in [0.2, 0.25) is 0 Å². The van der Waals surface area contributed by atoms with Gasteiger partial charge in [-0.25, -0.2) is 0 Å². The molecule has 0 rings (SSSR count). The van der Waals surface area contributed by atoms with Crippen LogP contribution in [0.5, 0.6) is 0 Å². The van der Waals surface area contributed by atoms with Crippen LogP contribution in [0.1, 0.15) is 72.6 Å². The van der Waals surface area contributed by atoms with Crippen LogP contribution in [0.15, 0.2) is 0 Å². The number of hydrogen-bond donors (Lipinski definition) is 1. The first-order valence-electron chi connectivity index (χ1n) is 6.02. The smallest absolute Gasteiger partial charge is 1.00 e. The van der Waals surface area contributed by atoms with Crippen molar-refractivity contribution in [3.05, 3.63) is 0 Å². The van der Waals surface area contributed by atoms with E-state index in [-0.39, 0.29) is 52.8 Å². The third kappa shape index (κ3) is 16.0. The second-order valence-electron chi connectivity index (χ2n) is 3.91. The normalized spacial score (nSPS) is 9.86. The van der Waals surface area contributed by atoms with E-state index in [1.54, 1.807) is 0 Å². The van der Waals surface area contributed by atoms with Gasteiger partial charge in [-0.15, -0.1) is 0 Å². The zero-order valence-corrected chi connectivity index (χ0v) is 13.3. The molecule has 14 heavy (non-hydrogen) atoms. The van der Waals surface area contributed by atoms with Crippen LogP contribution in [0.4, 0.5) is 0 Å². The Morgan fingerprint density at radius 1 is 0.714 bits per heavy atom. The number of hydrogen-bond acceptors (Lipinski definition) is 1. The Bertz CT molecular complexity index is 81.7. The number of aliphatic hydroxyl groups is 1. The quantitative estimate of drug-likeness (QED) is 0.435. The summed E-state index contributed by atoms with van der Waals surface area (Å²) in [6.45, 7) is 2.63. The molecule has 0 atom stereocenters. The summed E-state index contributed by atoms with van der Waals surface area (Å²) in [5, 5.41) is 8.57. The molecule has 0 aromatic rings. The van der Waals surface area contributed by atoms with Crippen molar-refractivity contribution in [3.8, 4) is 0 Å². The summed E-state index contributed by atoms with van der Waals surface area (Å²) in [7, 11) is 0. The summed E-state index contributed by atoms with van der Waals surface area (Å²) in [4.78, 5) is 0. The standard InChI is InChI=1S/C12H26O.K.H/c1-2-3-4-5-6-7-8-9-10-11-12-13;;/h13H,2-12H2,1H3;;/q;+1;-1. The Morgan fingerprint density at radius 3 is 1.43 bits per heavy atom. The van der Waals surface area contributed by atoms with Crippen LogP contribution in [0.25, 0.3) is 0 Å². The first-order chi connectivity index (χ1) is 6.41. The molecule has 0 unspecified atom stereocenters. The minimum Gasteiger partial charge on any atom is -1.00 e. The van der Waals surface area contributed by atoms with Gasteiger partial charge in [-0.3, -0.25) is 0 Å². The largest absolute Gasteiger partial charge is 1.00 e. The molecule has 2 heteroatoms. The zero-order chi connectivity index (χ0) is 9.78. The molecule has 0 aliphatic rings. The topological polar surface area (TPSA) is 20.2 Å². The molecule has 0 bridgehead atoms. The van der Waals surface area contributed by atoms with Gasteiger partial charge in [0.15, 0.2) is 0 Å². The van der Waals surface area contributed by atoms with E-state index in [0.717, 1.165) is 6.42 Å². The van der Waals surface area contributed by atoms with Crippen molar-refractivity contribution in [2.24, 2.45) is 0 Å². The number of aliphatic hydroxyl groups excluding tert-OH is 1. The SMILES string of the molecule is CCCCCCCCCCCCO.[H-].[K+]. The van der Waals surface area contributed by atoms with Crippen LogP contribution in [-0.2, 0) is 0 Å². The molecular formula is C12H27KO. The van der Waals surface area contributed by atoms with Crippen molar-refractivity contribution in [1.82, 2.24) is 0 Å². The monoisotopic (exact) mass is 226 g/mol. The van der Waals surface area contributed by atoms with Crippen molar-refractivity contribution in [2.45, 2.75) is 71.1 Å². The van der Waals surface area contributed by atoms with Gasteiger partial charge < -0.3 is 6.53 Å². The molecular weight excluding hydrogens is 199 g/mol. The van der Waals surface area contributed by atoms with E-state index in [1.807, 2.05) is 0 Å². The van der Waals surface area contributed by atoms with E-state index in [4.69, 9.17) is 5.11 Å². The van der Waals surface area contributed by atoms with Crippen LogP contribution >= 0.6 is 0 Å². The summed E-state index contributed by atoms with van der Waals surface area (Å²) >= 11 is 0. The van der Waals surface area contributed by atoms with Crippen molar-refractivity contribution < 1.29 is 57.9 Å². The minimum atomic E-state index is 0. The van der Waals surface area contributed by atoms with E-state index >= 15 is 0 Å². The Balaban J connectivity index is -0.000000720. The summed E-state index contributed by atoms with van der Waals surface area (Å²) in [5.41, 5.74) is 0. The van der Waals surface area contributed by atoms with Gasteiger partial charge in [0.25, 0.3) is 0 Å². The Labute approximate surface area is 134 Å². The molecule has 0 spiro atoms. The van der Waals surface area contributed by atoms with Crippen molar-refractivity contribution >= 4 is 0 Å². The molecule has 0 aliphatic carbocycles. The maximum absolute atomic E-state index is 8.57. The fourth-order valence-corrected chi connectivity index (χ4v) is 1.60. The van der Waals surface area contributed by atoms with Gasteiger partial charge in [0.2, 0.25) is 0 Å². The molecule has 82 valence electrons. The zero-order valence-electron chi connectivity index (χ0n) is 11.2. The van der Waals surface area contributed by atoms with Gasteiger partial charge in [0, 0.05) is 6.61 Å². The molecule has 0 aromatic heterocycles. The van der Waals surface area contributed by atoms with E-state index in [9.17, 15) is 0 Å². The molecule has 0 saturated carbocycles. The molecule has 0 radical (unpaired) electrons. The fourth-order valence-electron chi connectivity index (χ4n) is 1.60. The van der Waals surface area contributed by atoms with Crippen LogP contribution in [0.3, 0.4) is 0 Å². The second kappa shape index (κ2) is 17.0. The van der Waals surface area contributed by atoms with Gasteiger partial charge in [0.1, 0.15) is 0 Å². The van der Waals surface area contributed by atoms with Gasteiger partial charge >= 0.3 is 51.4 Å². The summed E-state index contributed by atoms with van der Waals surface area (Å²) < 4.78 is 0. The molecule has 1 nitrogen and oxygen atoms in total. The van der Waals surface area contributed by atoms with E-state index < -0.39 is 0 Å². The molecule has 1 N–H and O–H groups in total. The van der Waals surface area contributed by atoms with Gasteiger partial charge in [-0.2, -0.15) is 0 Å². The number of rotatable bonds is 10. The summed E-state index contributed by atoms with van der Waals surface area (Å²) in [6.07, 6.45) is 13.3. The van der Waals surface area contributed by atoms with Gasteiger partial charge in [-0.1, -0.05) is 64.7 Å². The minimum absolute atomic E-state index is 0. The van der Waals surface area contributed by atoms with Crippen LogP contribution < -0.4 is 51.4 Å². The maximum atomic E-state index is 8.57. The molecule has 0 aliphatic heterocycles. The second-order valence-corrected chi connectivity index (χ2v) is 3.91.